The maximum Gasteiger partial charge on any atom is 0.231 e. The van der Waals surface area contributed by atoms with Crippen LogP contribution in [0.5, 0.6) is 0 Å². The van der Waals surface area contributed by atoms with Crippen LogP contribution < -0.4 is 15.5 Å². The number of rotatable bonds is 5. The van der Waals surface area contributed by atoms with Gasteiger partial charge in [-0.15, -0.1) is 0 Å². The number of ether oxygens (including phenoxy) is 1. The smallest absolute Gasteiger partial charge is 0.231 e. The Kier molecular flexibility index (Phi) is 7.48. The number of hydrogen-bond donors (Lipinski definition) is 2. The third-order valence-electron chi connectivity index (χ3n) is 6.54. The van der Waals surface area contributed by atoms with E-state index in [9.17, 15) is 0 Å². The third kappa shape index (κ3) is 5.69. The first-order valence-corrected chi connectivity index (χ1v) is 12.2. The van der Waals surface area contributed by atoms with Crippen LogP contribution in [0, 0.1) is 12.8 Å². The van der Waals surface area contributed by atoms with Gasteiger partial charge in [0.05, 0.1) is 0 Å². The molecule has 172 valence electrons. The van der Waals surface area contributed by atoms with E-state index in [-0.39, 0.29) is 5.41 Å². The van der Waals surface area contributed by atoms with Crippen molar-refractivity contribution in [2.45, 2.75) is 44.9 Å². The van der Waals surface area contributed by atoms with Crippen LogP contribution in [0.1, 0.15) is 43.9 Å². The van der Waals surface area contributed by atoms with Crippen LogP contribution in [-0.2, 0) is 10.2 Å². The van der Waals surface area contributed by atoms with Gasteiger partial charge >= 0.3 is 0 Å². The minimum Gasteiger partial charge on any atom is -0.381 e. The molecule has 2 aliphatic heterocycles. The van der Waals surface area contributed by atoms with Gasteiger partial charge in [-0.25, -0.2) is 4.98 Å². The maximum atomic E-state index is 6.11. The summed E-state index contributed by atoms with van der Waals surface area (Å²) in [5, 5.41) is 7.91. The molecule has 2 saturated heterocycles. The first-order chi connectivity index (χ1) is 15.4. The average molecular weight is 474 g/mol. The molecular formula is C24H32ClN5OS. The van der Waals surface area contributed by atoms with Crippen LogP contribution in [0.25, 0.3) is 0 Å². The zero-order chi connectivity index (χ0) is 22.6. The van der Waals surface area contributed by atoms with E-state index in [1.54, 1.807) is 0 Å². The predicted molar refractivity (Wildman–Crippen MR) is 135 cm³/mol. The van der Waals surface area contributed by atoms with Gasteiger partial charge in [0.15, 0.2) is 5.11 Å². The van der Waals surface area contributed by atoms with Crippen molar-refractivity contribution >= 4 is 40.7 Å². The topological polar surface area (TPSA) is 62.3 Å². The van der Waals surface area contributed by atoms with E-state index in [1.165, 1.54) is 18.4 Å². The number of halogens is 1. The van der Waals surface area contributed by atoms with E-state index in [4.69, 9.17) is 33.5 Å². The van der Waals surface area contributed by atoms with E-state index in [1.807, 2.05) is 19.1 Å². The largest absolute Gasteiger partial charge is 0.381 e. The summed E-state index contributed by atoms with van der Waals surface area (Å²) in [7, 11) is 0. The number of aromatic nitrogens is 2. The summed E-state index contributed by atoms with van der Waals surface area (Å²) < 4.78 is 5.64. The summed E-state index contributed by atoms with van der Waals surface area (Å²) >= 11 is 11.7. The SMILES string of the molecule is Cc1cc(N2CCC[C@H](C)C2)nc(NC(=S)NCC2(c3ccc(Cl)cc3)CCOCC2)n1. The summed E-state index contributed by atoms with van der Waals surface area (Å²) in [4.78, 5) is 11.7. The molecule has 0 unspecified atom stereocenters. The second kappa shape index (κ2) is 10.3. The number of benzene rings is 1. The second-order valence-electron chi connectivity index (χ2n) is 9.09. The highest BCUT2D eigenvalue weighted by molar-refractivity contribution is 7.80. The van der Waals surface area contributed by atoms with Gasteiger partial charge in [-0.1, -0.05) is 30.7 Å². The molecule has 2 fully saturated rings. The Labute approximate surface area is 201 Å². The molecule has 0 radical (unpaired) electrons. The fourth-order valence-electron chi connectivity index (χ4n) is 4.70. The van der Waals surface area contributed by atoms with Crippen molar-refractivity contribution in [2.75, 3.05) is 43.1 Å². The molecule has 1 atom stereocenters. The van der Waals surface area contributed by atoms with Gasteiger partial charge in [-0.05, 0) is 68.4 Å². The molecule has 0 spiro atoms. The molecule has 0 bridgehead atoms. The van der Waals surface area contributed by atoms with E-state index >= 15 is 0 Å². The van der Waals surface area contributed by atoms with Gasteiger partial charge in [-0.3, -0.25) is 0 Å². The molecule has 8 heteroatoms. The Morgan fingerprint density at radius 3 is 2.72 bits per heavy atom. The number of hydrogen-bond acceptors (Lipinski definition) is 5. The first-order valence-electron chi connectivity index (χ1n) is 11.4. The van der Waals surface area contributed by atoms with Crippen molar-refractivity contribution in [3.05, 3.63) is 46.6 Å². The van der Waals surface area contributed by atoms with E-state index in [0.717, 1.165) is 55.7 Å². The van der Waals surface area contributed by atoms with Crippen LogP contribution in [0.15, 0.2) is 30.3 Å². The molecule has 0 aliphatic carbocycles. The molecule has 6 nitrogen and oxygen atoms in total. The van der Waals surface area contributed by atoms with Gasteiger partial charge in [-0.2, -0.15) is 4.98 Å². The van der Waals surface area contributed by atoms with Crippen LogP contribution in [0.3, 0.4) is 0 Å². The molecule has 1 aromatic carbocycles. The molecule has 0 amide bonds. The van der Waals surface area contributed by atoms with Gasteiger partial charge in [0, 0.05) is 55.0 Å². The van der Waals surface area contributed by atoms with Crippen LogP contribution in [-0.4, -0.2) is 47.9 Å². The Morgan fingerprint density at radius 1 is 1.25 bits per heavy atom. The summed E-state index contributed by atoms with van der Waals surface area (Å²) in [5.74, 6) is 2.20. The van der Waals surface area contributed by atoms with Gasteiger partial charge in [0.2, 0.25) is 5.95 Å². The molecule has 2 aliphatic rings. The highest BCUT2D eigenvalue weighted by Crippen LogP contribution is 2.35. The number of piperidine rings is 1. The van der Waals surface area contributed by atoms with Crippen molar-refractivity contribution in [3.63, 3.8) is 0 Å². The lowest BCUT2D eigenvalue weighted by atomic mass is 9.74. The predicted octanol–water partition coefficient (Wildman–Crippen LogP) is 4.71. The van der Waals surface area contributed by atoms with Crippen molar-refractivity contribution < 1.29 is 4.74 Å². The molecule has 1 aromatic heterocycles. The van der Waals surface area contributed by atoms with Crippen molar-refractivity contribution in [1.29, 1.82) is 0 Å². The van der Waals surface area contributed by atoms with Crippen LogP contribution in [0.4, 0.5) is 11.8 Å². The Balaban J connectivity index is 1.43. The molecule has 2 N–H and O–H groups in total. The average Bonchev–Trinajstić information content (AvgIpc) is 2.78. The first kappa shape index (κ1) is 23.2. The lowest BCUT2D eigenvalue weighted by Crippen LogP contribution is -2.45. The molecule has 32 heavy (non-hydrogen) atoms. The van der Waals surface area contributed by atoms with Gasteiger partial charge < -0.3 is 20.3 Å². The van der Waals surface area contributed by atoms with Gasteiger partial charge in [0.25, 0.3) is 0 Å². The summed E-state index contributed by atoms with van der Waals surface area (Å²) in [6.45, 7) is 8.56. The van der Waals surface area contributed by atoms with Crippen molar-refractivity contribution in [3.8, 4) is 0 Å². The zero-order valence-electron chi connectivity index (χ0n) is 18.9. The van der Waals surface area contributed by atoms with Crippen LogP contribution >= 0.6 is 23.8 Å². The number of aryl methyl sites for hydroxylation is 1. The summed E-state index contributed by atoms with van der Waals surface area (Å²) in [5.41, 5.74) is 2.14. The van der Waals surface area contributed by atoms with E-state index < -0.39 is 0 Å². The number of anilines is 2. The van der Waals surface area contributed by atoms with E-state index in [2.05, 4.69) is 45.6 Å². The summed E-state index contributed by atoms with van der Waals surface area (Å²) in [6.07, 6.45) is 4.34. The maximum absolute atomic E-state index is 6.11. The zero-order valence-corrected chi connectivity index (χ0v) is 20.4. The lowest BCUT2D eigenvalue weighted by Gasteiger charge is -2.38. The number of thiocarbonyl (C=S) groups is 1. The minimum atomic E-state index is -0.0445. The Bertz CT molecular complexity index is 932. The lowest BCUT2D eigenvalue weighted by molar-refractivity contribution is 0.0515. The number of nitrogens with one attached hydrogen (secondary N) is 2. The van der Waals surface area contributed by atoms with Gasteiger partial charge in [0.1, 0.15) is 5.82 Å². The monoisotopic (exact) mass is 473 g/mol. The Morgan fingerprint density at radius 2 is 2.00 bits per heavy atom. The quantitative estimate of drug-likeness (QED) is 0.609. The fraction of sp³-hybridized carbons (Fsp3) is 0.542. The Hall–Kier alpha value is -1.96. The summed E-state index contributed by atoms with van der Waals surface area (Å²) in [6, 6.07) is 10.2. The van der Waals surface area contributed by atoms with E-state index in [0.29, 0.717) is 23.5 Å². The molecule has 3 heterocycles. The van der Waals surface area contributed by atoms with Crippen LogP contribution in [0.2, 0.25) is 5.02 Å². The third-order valence-corrected chi connectivity index (χ3v) is 7.04. The second-order valence-corrected chi connectivity index (χ2v) is 9.94. The number of nitrogens with zero attached hydrogens (tertiary/aromatic N) is 3. The molecule has 0 saturated carbocycles. The minimum absolute atomic E-state index is 0.0445. The fourth-order valence-corrected chi connectivity index (χ4v) is 4.99. The molecule has 4 rings (SSSR count). The molecule has 2 aromatic rings. The highest BCUT2D eigenvalue weighted by Gasteiger charge is 2.34. The standard InChI is InChI=1S/C24H32ClN5OS/c1-17-4-3-11-30(15-17)21-14-18(2)27-22(28-21)29-23(32)26-16-24(9-12-31-13-10-24)19-5-7-20(25)8-6-19/h5-8,14,17H,3-4,9-13,15-16H2,1-2H3,(H2,26,27,28,29,32)/t17-/m0/s1. The highest BCUT2D eigenvalue weighted by atomic mass is 35.5. The van der Waals surface area contributed by atoms with Crippen molar-refractivity contribution in [2.24, 2.45) is 5.92 Å². The normalized spacial score (nSPS) is 20.6. The van der Waals surface area contributed by atoms with Crippen molar-refractivity contribution in [1.82, 2.24) is 15.3 Å². The molecular weight excluding hydrogens is 442 g/mol.